The molecule has 0 heterocycles. The van der Waals surface area contributed by atoms with Crippen molar-refractivity contribution in [1.82, 2.24) is 0 Å². The number of hydrogen-bond donors (Lipinski definition) is 2. The molecule has 0 radical (unpaired) electrons. The van der Waals surface area contributed by atoms with Crippen LogP contribution in [-0.2, 0) is 0 Å². The number of hydrogen-bond acceptors (Lipinski definition) is 3. The van der Waals surface area contributed by atoms with Gasteiger partial charge in [-0.2, -0.15) is 0 Å². The maximum absolute atomic E-state index is 12.7. The van der Waals surface area contributed by atoms with Crippen molar-refractivity contribution in [3.8, 4) is 5.75 Å². The first-order valence-electron chi connectivity index (χ1n) is 4.40. The Kier molecular flexibility index (Phi) is 3.85. The predicted molar refractivity (Wildman–Crippen MR) is 51.7 cm³/mol. The third-order valence-electron chi connectivity index (χ3n) is 1.84. The van der Waals surface area contributed by atoms with Gasteiger partial charge in [0.15, 0.2) is 0 Å². The third-order valence-corrected chi connectivity index (χ3v) is 1.84. The maximum atomic E-state index is 12.7. The molecule has 1 rings (SSSR count). The van der Waals surface area contributed by atoms with Gasteiger partial charge in [-0.15, -0.1) is 0 Å². The number of benzene rings is 1. The van der Waals surface area contributed by atoms with Crippen LogP contribution < -0.4 is 10.5 Å². The fourth-order valence-electron chi connectivity index (χ4n) is 1.03. The minimum Gasteiger partial charge on any atom is -0.491 e. The highest BCUT2D eigenvalue weighted by atomic mass is 19.1. The van der Waals surface area contributed by atoms with E-state index in [-0.39, 0.29) is 19.0 Å². The molecule has 0 aliphatic rings. The van der Waals surface area contributed by atoms with E-state index in [4.69, 9.17) is 15.6 Å². The Labute approximate surface area is 82.3 Å². The van der Waals surface area contributed by atoms with E-state index in [9.17, 15) is 4.39 Å². The van der Waals surface area contributed by atoms with Crippen molar-refractivity contribution < 1.29 is 14.2 Å². The first-order chi connectivity index (χ1) is 6.63. The SMILES string of the molecule is Cc1cc(F)ccc1OCC(O)CN. The first kappa shape index (κ1) is 10.9. The molecular weight excluding hydrogens is 185 g/mol. The summed E-state index contributed by atoms with van der Waals surface area (Å²) in [5, 5.41) is 9.14. The summed E-state index contributed by atoms with van der Waals surface area (Å²) in [7, 11) is 0. The molecule has 78 valence electrons. The van der Waals surface area contributed by atoms with Gasteiger partial charge in [0.1, 0.15) is 24.3 Å². The molecule has 0 saturated heterocycles. The number of aryl methyl sites for hydroxylation is 1. The zero-order valence-electron chi connectivity index (χ0n) is 8.03. The van der Waals surface area contributed by atoms with E-state index in [0.29, 0.717) is 11.3 Å². The summed E-state index contributed by atoms with van der Waals surface area (Å²) in [4.78, 5) is 0. The van der Waals surface area contributed by atoms with Gasteiger partial charge in [0.25, 0.3) is 0 Å². The highest BCUT2D eigenvalue weighted by Gasteiger charge is 2.04. The standard InChI is InChI=1S/C10H14FNO2/c1-7-4-8(11)2-3-10(7)14-6-9(13)5-12/h2-4,9,13H,5-6,12H2,1H3. The second-order valence-electron chi connectivity index (χ2n) is 3.11. The average molecular weight is 199 g/mol. The number of halogens is 1. The van der Waals surface area contributed by atoms with Crippen LogP contribution in [0.4, 0.5) is 4.39 Å². The van der Waals surface area contributed by atoms with Gasteiger partial charge >= 0.3 is 0 Å². The molecule has 0 aromatic heterocycles. The van der Waals surface area contributed by atoms with Crippen molar-refractivity contribution in [2.75, 3.05) is 13.2 Å². The molecule has 1 atom stereocenters. The second kappa shape index (κ2) is 4.93. The molecule has 0 fully saturated rings. The highest BCUT2D eigenvalue weighted by molar-refractivity contribution is 5.32. The van der Waals surface area contributed by atoms with Gasteiger partial charge < -0.3 is 15.6 Å². The molecule has 14 heavy (non-hydrogen) atoms. The number of aliphatic hydroxyl groups excluding tert-OH is 1. The van der Waals surface area contributed by atoms with E-state index in [1.165, 1.54) is 18.2 Å². The fraction of sp³-hybridized carbons (Fsp3) is 0.400. The fourth-order valence-corrected chi connectivity index (χ4v) is 1.03. The van der Waals surface area contributed by atoms with Crippen LogP contribution in [-0.4, -0.2) is 24.4 Å². The molecule has 4 heteroatoms. The lowest BCUT2D eigenvalue weighted by molar-refractivity contribution is 0.114. The van der Waals surface area contributed by atoms with E-state index >= 15 is 0 Å². The van der Waals surface area contributed by atoms with Gasteiger partial charge in [-0.25, -0.2) is 4.39 Å². The number of ether oxygens (including phenoxy) is 1. The molecule has 0 aliphatic heterocycles. The molecule has 0 amide bonds. The predicted octanol–water partition coefficient (Wildman–Crippen LogP) is 0.833. The largest absolute Gasteiger partial charge is 0.491 e. The lowest BCUT2D eigenvalue weighted by atomic mass is 10.2. The zero-order chi connectivity index (χ0) is 10.6. The van der Waals surface area contributed by atoms with Crippen molar-refractivity contribution in [3.05, 3.63) is 29.6 Å². The zero-order valence-corrected chi connectivity index (χ0v) is 8.03. The summed E-state index contributed by atoms with van der Waals surface area (Å²) in [5.41, 5.74) is 5.91. The summed E-state index contributed by atoms with van der Waals surface area (Å²) in [6.07, 6.45) is -0.681. The van der Waals surface area contributed by atoms with Gasteiger partial charge in [0.05, 0.1) is 0 Å². The summed E-state index contributed by atoms with van der Waals surface area (Å²) < 4.78 is 17.9. The molecule has 1 unspecified atom stereocenters. The quantitative estimate of drug-likeness (QED) is 0.755. The molecule has 3 N–H and O–H groups in total. The van der Waals surface area contributed by atoms with E-state index in [1.54, 1.807) is 6.92 Å². The van der Waals surface area contributed by atoms with Crippen LogP contribution >= 0.6 is 0 Å². The summed E-state index contributed by atoms with van der Waals surface area (Å²) >= 11 is 0. The van der Waals surface area contributed by atoms with Crippen molar-refractivity contribution in [3.63, 3.8) is 0 Å². The smallest absolute Gasteiger partial charge is 0.123 e. The van der Waals surface area contributed by atoms with Crippen LogP contribution in [0.3, 0.4) is 0 Å². The third kappa shape index (κ3) is 2.97. The Morgan fingerprint density at radius 3 is 2.86 bits per heavy atom. The number of rotatable bonds is 4. The monoisotopic (exact) mass is 199 g/mol. The van der Waals surface area contributed by atoms with E-state index in [1.807, 2.05) is 0 Å². The van der Waals surface area contributed by atoms with Crippen LogP contribution in [0.5, 0.6) is 5.75 Å². The maximum Gasteiger partial charge on any atom is 0.123 e. The first-order valence-corrected chi connectivity index (χ1v) is 4.40. The Balaban J connectivity index is 2.59. The van der Waals surface area contributed by atoms with Crippen molar-refractivity contribution in [2.24, 2.45) is 5.73 Å². The van der Waals surface area contributed by atoms with Crippen LogP contribution in [0.1, 0.15) is 5.56 Å². The van der Waals surface area contributed by atoms with E-state index < -0.39 is 6.10 Å². The Morgan fingerprint density at radius 2 is 2.29 bits per heavy atom. The topological polar surface area (TPSA) is 55.5 Å². The molecule has 1 aromatic rings. The lowest BCUT2D eigenvalue weighted by Crippen LogP contribution is -2.26. The minimum atomic E-state index is -0.681. The van der Waals surface area contributed by atoms with E-state index in [2.05, 4.69) is 0 Å². The number of aliphatic hydroxyl groups is 1. The Hall–Kier alpha value is -1.13. The molecule has 0 bridgehead atoms. The van der Waals surface area contributed by atoms with Gasteiger partial charge in [0, 0.05) is 6.54 Å². The highest BCUT2D eigenvalue weighted by Crippen LogP contribution is 2.18. The molecule has 0 spiro atoms. The summed E-state index contributed by atoms with van der Waals surface area (Å²) in [6, 6.07) is 4.23. The molecule has 3 nitrogen and oxygen atoms in total. The summed E-state index contributed by atoms with van der Waals surface area (Å²) in [5.74, 6) is 0.271. The molecule has 0 saturated carbocycles. The molecule has 0 aliphatic carbocycles. The number of nitrogens with two attached hydrogens (primary N) is 1. The lowest BCUT2D eigenvalue weighted by Gasteiger charge is -2.11. The van der Waals surface area contributed by atoms with Crippen molar-refractivity contribution >= 4 is 0 Å². The van der Waals surface area contributed by atoms with E-state index in [0.717, 1.165) is 0 Å². The van der Waals surface area contributed by atoms with Gasteiger partial charge in [0.2, 0.25) is 0 Å². The molecule has 1 aromatic carbocycles. The Bertz CT molecular complexity index is 304. The van der Waals surface area contributed by atoms with Gasteiger partial charge in [-0.3, -0.25) is 0 Å². The van der Waals surface area contributed by atoms with Crippen LogP contribution in [0.15, 0.2) is 18.2 Å². The van der Waals surface area contributed by atoms with Crippen LogP contribution in [0, 0.1) is 12.7 Å². The Morgan fingerprint density at radius 1 is 1.57 bits per heavy atom. The van der Waals surface area contributed by atoms with Gasteiger partial charge in [-0.1, -0.05) is 0 Å². The van der Waals surface area contributed by atoms with Crippen molar-refractivity contribution in [2.45, 2.75) is 13.0 Å². The molecular formula is C10H14FNO2. The van der Waals surface area contributed by atoms with Crippen molar-refractivity contribution in [1.29, 1.82) is 0 Å². The minimum absolute atomic E-state index is 0.128. The van der Waals surface area contributed by atoms with Crippen LogP contribution in [0.25, 0.3) is 0 Å². The second-order valence-corrected chi connectivity index (χ2v) is 3.11. The van der Waals surface area contributed by atoms with Crippen LogP contribution in [0.2, 0.25) is 0 Å². The normalized spacial score (nSPS) is 12.6. The van der Waals surface area contributed by atoms with Gasteiger partial charge in [-0.05, 0) is 30.7 Å². The summed E-state index contributed by atoms with van der Waals surface area (Å²) in [6.45, 7) is 2.02. The average Bonchev–Trinajstić information content (AvgIpc) is 2.16.